The van der Waals surface area contributed by atoms with Gasteiger partial charge in [-0.25, -0.2) is 4.98 Å². The van der Waals surface area contributed by atoms with E-state index in [1.54, 1.807) is 0 Å². The molecule has 1 amide bonds. The highest BCUT2D eigenvalue weighted by Gasteiger charge is 2.17. The minimum atomic E-state index is -0.0961. The van der Waals surface area contributed by atoms with Crippen LogP contribution in [0.25, 0.3) is 0 Å². The highest BCUT2D eigenvalue weighted by atomic mass is 32.2. The average Bonchev–Trinajstić information content (AvgIpc) is 3.33. The number of rotatable bonds is 7. The van der Waals surface area contributed by atoms with Crippen molar-refractivity contribution in [3.05, 3.63) is 65.5 Å². The van der Waals surface area contributed by atoms with E-state index in [2.05, 4.69) is 49.4 Å². The summed E-state index contributed by atoms with van der Waals surface area (Å²) in [7, 11) is 0. The van der Waals surface area contributed by atoms with Crippen LogP contribution in [0.5, 0.6) is 0 Å². The second-order valence-corrected chi connectivity index (χ2v) is 8.58. The first-order valence-corrected chi connectivity index (χ1v) is 11.6. The summed E-state index contributed by atoms with van der Waals surface area (Å²) in [6.45, 7) is 9.63. The summed E-state index contributed by atoms with van der Waals surface area (Å²) in [5.41, 5.74) is 4.77. The minimum Gasteiger partial charge on any atom is -0.369 e. The van der Waals surface area contributed by atoms with Gasteiger partial charge in [0.2, 0.25) is 0 Å². The molecule has 1 aromatic heterocycles. The molecule has 2 aromatic carbocycles. The molecule has 4 rings (SSSR count). The normalized spacial score (nSPS) is 14.6. The van der Waals surface area contributed by atoms with Crippen LogP contribution in [0.15, 0.2) is 53.9 Å². The Morgan fingerprint density at radius 1 is 1.16 bits per heavy atom. The summed E-state index contributed by atoms with van der Waals surface area (Å²) in [5, 5.41) is 10.5. The first kappa shape index (κ1) is 21.4. The fraction of sp³-hybridized carbons (Fsp3) is 0.348. The Bertz CT molecular complexity index is 1010. The minimum absolute atomic E-state index is 0.0961. The van der Waals surface area contributed by atoms with Crippen LogP contribution in [0.3, 0.4) is 0 Å². The van der Waals surface area contributed by atoms with Crippen LogP contribution < -0.4 is 10.2 Å². The fourth-order valence-electron chi connectivity index (χ4n) is 3.77. The lowest BCUT2D eigenvalue weighted by Crippen LogP contribution is -2.46. The Morgan fingerprint density at radius 2 is 1.97 bits per heavy atom. The maximum atomic E-state index is 13.0. The summed E-state index contributed by atoms with van der Waals surface area (Å²) in [5.74, 6) is 0.543. The largest absolute Gasteiger partial charge is 0.369 e. The molecule has 0 bridgehead atoms. The number of aromatic amines is 1. The molecule has 1 fully saturated rings. The van der Waals surface area contributed by atoms with E-state index in [4.69, 9.17) is 0 Å². The van der Waals surface area contributed by atoms with Crippen molar-refractivity contribution in [2.45, 2.75) is 24.8 Å². The van der Waals surface area contributed by atoms with Crippen LogP contribution in [0, 0.1) is 6.92 Å². The predicted octanol–water partition coefficient (Wildman–Crippen LogP) is 3.80. The standard InChI is InChI=1S/C23H28N6OS/c1-3-28-10-12-29(13-11-28)19-8-9-21(17(2)14-19)26-22(30)20-7-5-4-6-18(20)15-31-23-24-16-25-27-23/h4-9,14,16H,3,10-13,15H2,1-2H3,(H,26,30)(H,24,25,27). The van der Waals surface area contributed by atoms with Gasteiger partial charge in [-0.2, -0.15) is 5.10 Å². The molecule has 0 atom stereocenters. The molecule has 162 valence electrons. The smallest absolute Gasteiger partial charge is 0.255 e. The van der Waals surface area contributed by atoms with Gasteiger partial charge in [0, 0.05) is 48.9 Å². The Labute approximate surface area is 187 Å². The van der Waals surface area contributed by atoms with Crippen molar-refractivity contribution in [2.24, 2.45) is 0 Å². The van der Waals surface area contributed by atoms with E-state index in [0.29, 0.717) is 11.3 Å². The summed E-state index contributed by atoms with van der Waals surface area (Å²) in [4.78, 5) is 22.0. The van der Waals surface area contributed by atoms with E-state index in [1.807, 2.05) is 37.3 Å². The van der Waals surface area contributed by atoms with Crippen molar-refractivity contribution in [1.29, 1.82) is 0 Å². The molecule has 7 nitrogen and oxygen atoms in total. The molecule has 0 radical (unpaired) electrons. The van der Waals surface area contributed by atoms with Gasteiger partial charge in [0.15, 0.2) is 5.16 Å². The quantitative estimate of drug-likeness (QED) is 0.549. The van der Waals surface area contributed by atoms with Crippen molar-refractivity contribution in [3.8, 4) is 0 Å². The zero-order chi connectivity index (χ0) is 21.6. The SMILES string of the molecule is CCN1CCN(c2ccc(NC(=O)c3ccccc3CSc3ncn[nH]3)c(C)c2)CC1. The van der Waals surface area contributed by atoms with Gasteiger partial charge in [-0.1, -0.05) is 36.9 Å². The summed E-state index contributed by atoms with van der Waals surface area (Å²) < 4.78 is 0. The molecule has 0 aliphatic carbocycles. The van der Waals surface area contributed by atoms with Gasteiger partial charge in [0.25, 0.3) is 5.91 Å². The number of nitrogens with zero attached hydrogens (tertiary/aromatic N) is 4. The third kappa shape index (κ3) is 5.26. The number of amides is 1. The van der Waals surface area contributed by atoms with Gasteiger partial charge in [-0.3, -0.25) is 9.89 Å². The molecule has 31 heavy (non-hydrogen) atoms. The van der Waals surface area contributed by atoms with E-state index in [1.165, 1.54) is 23.8 Å². The summed E-state index contributed by atoms with van der Waals surface area (Å²) >= 11 is 1.52. The van der Waals surface area contributed by atoms with Gasteiger partial charge in [-0.05, 0) is 48.9 Å². The summed E-state index contributed by atoms with van der Waals surface area (Å²) in [6, 6.07) is 14.0. The van der Waals surface area contributed by atoms with Gasteiger partial charge < -0.3 is 15.1 Å². The van der Waals surface area contributed by atoms with E-state index < -0.39 is 0 Å². The lowest BCUT2D eigenvalue weighted by molar-refractivity contribution is 0.102. The van der Waals surface area contributed by atoms with Crippen LogP contribution in [-0.4, -0.2) is 58.7 Å². The Hall–Kier alpha value is -2.84. The first-order chi connectivity index (χ1) is 15.1. The summed E-state index contributed by atoms with van der Waals surface area (Å²) in [6.07, 6.45) is 1.48. The maximum absolute atomic E-state index is 13.0. The number of likely N-dealkylation sites (N-methyl/N-ethyl adjacent to an activating group) is 1. The number of piperazine rings is 1. The Kier molecular flexibility index (Phi) is 6.89. The van der Waals surface area contributed by atoms with Crippen molar-refractivity contribution in [1.82, 2.24) is 20.1 Å². The number of carbonyl (C=O) groups excluding carboxylic acids is 1. The molecule has 1 aliphatic rings. The Morgan fingerprint density at radius 3 is 2.68 bits per heavy atom. The van der Waals surface area contributed by atoms with E-state index in [0.717, 1.165) is 54.7 Å². The topological polar surface area (TPSA) is 77.2 Å². The molecular weight excluding hydrogens is 408 g/mol. The third-order valence-electron chi connectivity index (χ3n) is 5.66. The molecule has 1 saturated heterocycles. The molecule has 1 aliphatic heterocycles. The lowest BCUT2D eigenvalue weighted by atomic mass is 10.1. The number of thioether (sulfide) groups is 1. The van der Waals surface area contributed by atoms with Crippen LogP contribution in [0.2, 0.25) is 0 Å². The molecule has 0 spiro atoms. The number of H-pyrrole nitrogens is 1. The number of hydrogen-bond donors (Lipinski definition) is 2. The lowest BCUT2D eigenvalue weighted by Gasteiger charge is -2.35. The molecule has 0 unspecified atom stereocenters. The zero-order valence-corrected chi connectivity index (χ0v) is 18.8. The predicted molar refractivity (Wildman–Crippen MR) is 126 cm³/mol. The van der Waals surface area contributed by atoms with Crippen LogP contribution in [0.4, 0.5) is 11.4 Å². The second kappa shape index (κ2) is 9.98. The van der Waals surface area contributed by atoms with Crippen molar-refractivity contribution >= 4 is 29.0 Å². The highest BCUT2D eigenvalue weighted by molar-refractivity contribution is 7.98. The number of hydrogen-bond acceptors (Lipinski definition) is 6. The third-order valence-corrected chi connectivity index (χ3v) is 6.59. The monoisotopic (exact) mass is 436 g/mol. The average molecular weight is 437 g/mol. The molecule has 0 saturated carbocycles. The molecule has 2 heterocycles. The fourth-order valence-corrected chi connectivity index (χ4v) is 4.56. The van der Waals surface area contributed by atoms with Crippen LogP contribution in [0.1, 0.15) is 28.4 Å². The molecule has 2 N–H and O–H groups in total. The number of benzene rings is 2. The number of carbonyl (C=O) groups is 1. The van der Waals surface area contributed by atoms with E-state index in [9.17, 15) is 4.79 Å². The van der Waals surface area contributed by atoms with E-state index in [-0.39, 0.29) is 5.91 Å². The van der Waals surface area contributed by atoms with Gasteiger partial charge in [0.05, 0.1) is 0 Å². The van der Waals surface area contributed by atoms with E-state index >= 15 is 0 Å². The van der Waals surface area contributed by atoms with Crippen LogP contribution >= 0.6 is 11.8 Å². The van der Waals surface area contributed by atoms with Gasteiger partial charge in [-0.15, -0.1) is 0 Å². The van der Waals surface area contributed by atoms with Crippen LogP contribution in [-0.2, 0) is 5.75 Å². The Balaban J connectivity index is 1.43. The second-order valence-electron chi connectivity index (χ2n) is 7.61. The molecular formula is C23H28N6OS. The van der Waals surface area contributed by atoms with Crippen molar-refractivity contribution < 1.29 is 4.79 Å². The zero-order valence-electron chi connectivity index (χ0n) is 18.0. The molecule has 3 aromatic rings. The number of aromatic nitrogens is 3. The van der Waals surface area contributed by atoms with Crippen molar-refractivity contribution in [3.63, 3.8) is 0 Å². The highest BCUT2D eigenvalue weighted by Crippen LogP contribution is 2.26. The van der Waals surface area contributed by atoms with Crippen molar-refractivity contribution in [2.75, 3.05) is 42.9 Å². The van der Waals surface area contributed by atoms with Gasteiger partial charge >= 0.3 is 0 Å². The first-order valence-electron chi connectivity index (χ1n) is 10.6. The molecule has 8 heteroatoms. The number of aryl methyl sites for hydroxylation is 1. The maximum Gasteiger partial charge on any atom is 0.255 e. The number of nitrogens with one attached hydrogen (secondary N) is 2. The number of anilines is 2. The van der Waals surface area contributed by atoms with Gasteiger partial charge in [0.1, 0.15) is 6.33 Å².